The van der Waals surface area contributed by atoms with Crippen LogP contribution >= 0.6 is 0 Å². The molecule has 18 heavy (non-hydrogen) atoms. The van der Waals surface area contributed by atoms with Crippen LogP contribution in [0, 0.1) is 0 Å². The molecule has 0 aromatic heterocycles. The topological polar surface area (TPSA) is 61.6 Å². The molecule has 0 aromatic rings. The monoisotopic (exact) mass is 256 g/mol. The fourth-order valence-electron chi connectivity index (χ4n) is 2.04. The lowest BCUT2D eigenvalue weighted by molar-refractivity contribution is 0.0672. The van der Waals surface area contributed by atoms with Gasteiger partial charge in [-0.2, -0.15) is 0 Å². The molecule has 0 atom stereocenters. The van der Waals surface area contributed by atoms with Crippen molar-refractivity contribution in [3.05, 3.63) is 0 Å². The van der Waals surface area contributed by atoms with E-state index in [1.165, 1.54) is 0 Å². The van der Waals surface area contributed by atoms with Crippen LogP contribution in [0.5, 0.6) is 0 Å². The Hall–Kier alpha value is -0.810. The highest BCUT2D eigenvalue weighted by molar-refractivity contribution is 5.75. The van der Waals surface area contributed by atoms with Crippen LogP contribution in [-0.4, -0.2) is 59.6 Å². The maximum absolute atomic E-state index is 12.0. The van der Waals surface area contributed by atoms with Gasteiger partial charge in [-0.1, -0.05) is 0 Å². The Morgan fingerprint density at radius 2 is 1.61 bits per heavy atom. The Morgan fingerprint density at radius 3 is 2.00 bits per heavy atom. The molecule has 0 radical (unpaired) electrons. The molecule has 1 fully saturated rings. The van der Waals surface area contributed by atoms with E-state index in [-0.39, 0.29) is 17.1 Å². The van der Waals surface area contributed by atoms with E-state index < -0.39 is 0 Å². The van der Waals surface area contributed by atoms with E-state index in [1.807, 2.05) is 25.7 Å². The molecule has 5 nitrogen and oxygen atoms in total. The number of carbonyl (C=O) groups excluding carboxylic acids is 1. The van der Waals surface area contributed by atoms with Crippen LogP contribution in [0.25, 0.3) is 0 Å². The van der Waals surface area contributed by atoms with Crippen molar-refractivity contribution in [3.8, 4) is 0 Å². The van der Waals surface area contributed by atoms with Gasteiger partial charge in [-0.15, -0.1) is 0 Å². The first kappa shape index (κ1) is 15.2. The minimum absolute atomic E-state index is 0.0204. The zero-order valence-electron chi connectivity index (χ0n) is 12.4. The standard InChI is InChI=1S/C13H28N4O/c1-12(2,3)15-11(18)16-6-8-17(9-7-16)13(4,5)10-14/h6-10,14H2,1-5H3,(H,15,18). The summed E-state index contributed by atoms with van der Waals surface area (Å²) in [5, 5.41) is 3.00. The van der Waals surface area contributed by atoms with Crippen LogP contribution in [0.15, 0.2) is 0 Å². The van der Waals surface area contributed by atoms with Crippen molar-refractivity contribution in [3.63, 3.8) is 0 Å². The lowest BCUT2D eigenvalue weighted by Gasteiger charge is -2.43. The molecule has 1 aliphatic heterocycles. The zero-order chi connectivity index (χ0) is 14.0. The summed E-state index contributed by atoms with van der Waals surface area (Å²) >= 11 is 0. The first-order chi connectivity index (χ1) is 8.15. The highest BCUT2D eigenvalue weighted by Gasteiger charge is 2.30. The second-order valence-corrected chi connectivity index (χ2v) is 6.67. The number of nitrogens with two attached hydrogens (primary N) is 1. The molecule has 1 saturated heterocycles. The average molecular weight is 256 g/mol. The number of hydrogen-bond acceptors (Lipinski definition) is 3. The predicted octanol–water partition coefficient (Wildman–Crippen LogP) is 0.849. The average Bonchev–Trinajstić information content (AvgIpc) is 2.27. The number of piperazine rings is 1. The zero-order valence-corrected chi connectivity index (χ0v) is 12.4. The first-order valence-electron chi connectivity index (χ1n) is 6.68. The molecule has 1 aliphatic rings. The van der Waals surface area contributed by atoms with Gasteiger partial charge in [0.15, 0.2) is 0 Å². The van der Waals surface area contributed by atoms with E-state index in [2.05, 4.69) is 24.1 Å². The second-order valence-electron chi connectivity index (χ2n) is 6.67. The third kappa shape index (κ3) is 4.14. The van der Waals surface area contributed by atoms with Crippen molar-refractivity contribution in [2.24, 2.45) is 5.73 Å². The molecule has 2 amide bonds. The maximum Gasteiger partial charge on any atom is 0.317 e. The Bertz CT molecular complexity index is 288. The van der Waals surface area contributed by atoms with Crippen molar-refractivity contribution < 1.29 is 4.79 Å². The number of urea groups is 1. The molecule has 0 saturated carbocycles. The van der Waals surface area contributed by atoms with E-state index in [0.717, 1.165) is 26.2 Å². The summed E-state index contributed by atoms with van der Waals surface area (Å²) in [4.78, 5) is 16.2. The third-order valence-electron chi connectivity index (χ3n) is 3.40. The molecule has 0 aliphatic carbocycles. The van der Waals surface area contributed by atoms with E-state index in [9.17, 15) is 4.79 Å². The SMILES string of the molecule is CC(C)(C)NC(=O)N1CCN(C(C)(C)CN)CC1. The number of amides is 2. The van der Waals surface area contributed by atoms with E-state index in [0.29, 0.717) is 6.54 Å². The van der Waals surface area contributed by atoms with Crippen molar-refractivity contribution in [2.75, 3.05) is 32.7 Å². The molecule has 5 heteroatoms. The maximum atomic E-state index is 12.0. The van der Waals surface area contributed by atoms with Gasteiger partial charge in [-0.05, 0) is 34.6 Å². The number of rotatable bonds is 2. The molecule has 3 N–H and O–H groups in total. The Balaban J connectivity index is 2.47. The summed E-state index contributed by atoms with van der Waals surface area (Å²) in [6.45, 7) is 14.3. The Morgan fingerprint density at radius 1 is 1.11 bits per heavy atom. The normalized spacial score (nSPS) is 18.9. The summed E-state index contributed by atoms with van der Waals surface area (Å²) in [7, 11) is 0. The number of nitrogens with zero attached hydrogens (tertiary/aromatic N) is 2. The lowest BCUT2D eigenvalue weighted by Crippen LogP contribution is -2.60. The van der Waals surface area contributed by atoms with Crippen molar-refractivity contribution in [1.82, 2.24) is 15.1 Å². The molecule has 0 unspecified atom stereocenters. The van der Waals surface area contributed by atoms with Gasteiger partial charge >= 0.3 is 6.03 Å². The van der Waals surface area contributed by atoms with Gasteiger partial charge in [0.25, 0.3) is 0 Å². The van der Waals surface area contributed by atoms with Gasteiger partial charge in [0.05, 0.1) is 0 Å². The molecular weight excluding hydrogens is 228 g/mol. The predicted molar refractivity (Wildman–Crippen MR) is 74.6 cm³/mol. The van der Waals surface area contributed by atoms with Crippen molar-refractivity contribution in [2.45, 2.75) is 45.7 Å². The smallest absolute Gasteiger partial charge is 0.317 e. The second kappa shape index (κ2) is 5.45. The van der Waals surface area contributed by atoms with Crippen LogP contribution in [-0.2, 0) is 0 Å². The van der Waals surface area contributed by atoms with Gasteiger partial charge < -0.3 is 16.0 Å². The fraction of sp³-hybridized carbons (Fsp3) is 0.923. The first-order valence-corrected chi connectivity index (χ1v) is 6.68. The fourth-order valence-corrected chi connectivity index (χ4v) is 2.04. The minimum atomic E-state index is -0.176. The van der Waals surface area contributed by atoms with Crippen LogP contribution in [0.4, 0.5) is 4.79 Å². The molecule has 106 valence electrons. The van der Waals surface area contributed by atoms with Gasteiger partial charge in [-0.3, -0.25) is 4.90 Å². The number of nitrogens with one attached hydrogen (secondary N) is 1. The lowest BCUT2D eigenvalue weighted by atomic mass is 10.0. The molecule has 0 aromatic carbocycles. The van der Waals surface area contributed by atoms with Crippen LogP contribution in [0.2, 0.25) is 0 Å². The molecule has 0 bridgehead atoms. The van der Waals surface area contributed by atoms with Crippen LogP contribution in [0.1, 0.15) is 34.6 Å². The summed E-state index contributed by atoms with van der Waals surface area (Å²) in [5.41, 5.74) is 5.62. The molecular formula is C13H28N4O. The molecule has 1 rings (SSSR count). The Labute approximate surface area is 111 Å². The summed E-state index contributed by atoms with van der Waals surface area (Å²) in [6, 6.07) is 0.0349. The van der Waals surface area contributed by atoms with Gasteiger partial charge in [0.1, 0.15) is 0 Å². The molecule has 1 heterocycles. The van der Waals surface area contributed by atoms with Crippen molar-refractivity contribution >= 4 is 6.03 Å². The molecule has 0 spiro atoms. The highest BCUT2D eigenvalue weighted by Crippen LogP contribution is 2.15. The number of hydrogen-bond donors (Lipinski definition) is 2. The number of carbonyl (C=O) groups is 1. The van der Waals surface area contributed by atoms with E-state index >= 15 is 0 Å². The summed E-state index contributed by atoms with van der Waals surface area (Å²) in [5.74, 6) is 0. The highest BCUT2D eigenvalue weighted by atomic mass is 16.2. The van der Waals surface area contributed by atoms with Gasteiger partial charge in [-0.25, -0.2) is 4.79 Å². The van der Waals surface area contributed by atoms with E-state index in [4.69, 9.17) is 5.73 Å². The van der Waals surface area contributed by atoms with E-state index in [1.54, 1.807) is 0 Å². The van der Waals surface area contributed by atoms with Gasteiger partial charge in [0.2, 0.25) is 0 Å². The quantitative estimate of drug-likeness (QED) is 0.770. The Kier molecular flexibility index (Phi) is 4.61. The third-order valence-corrected chi connectivity index (χ3v) is 3.40. The largest absolute Gasteiger partial charge is 0.333 e. The van der Waals surface area contributed by atoms with Gasteiger partial charge in [0, 0.05) is 43.8 Å². The summed E-state index contributed by atoms with van der Waals surface area (Å²) in [6.07, 6.45) is 0. The van der Waals surface area contributed by atoms with Crippen LogP contribution in [0.3, 0.4) is 0 Å². The van der Waals surface area contributed by atoms with Crippen molar-refractivity contribution in [1.29, 1.82) is 0 Å². The minimum Gasteiger partial charge on any atom is -0.333 e. The summed E-state index contributed by atoms with van der Waals surface area (Å²) < 4.78 is 0. The van der Waals surface area contributed by atoms with Crippen LogP contribution < -0.4 is 11.1 Å².